The predicted octanol–water partition coefficient (Wildman–Crippen LogP) is 0.602. The van der Waals surface area contributed by atoms with Crippen molar-refractivity contribution in [3.63, 3.8) is 0 Å². The molecule has 124 valence electrons. The summed E-state index contributed by atoms with van der Waals surface area (Å²) in [5.41, 5.74) is 1.04. The fourth-order valence-electron chi connectivity index (χ4n) is 2.46. The monoisotopic (exact) mass is 319 g/mol. The van der Waals surface area contributed by atoms with Gasteiger partial charge in [-0.15, -0.1) is 0 Å². The van der Waals surface area contributed by atoms with Crippen LogP contribution >= 0.6 is 0 Å². The van der Waals surface area contributed by atoms with Crippen LogP contribution in [-0.4, -0.2) is 60.5 Å². The molecule has 1 saturated heterocycles. The second-order valence-electron chi connectivity index (χ2n) is 5.36. The average molecular weight is 319 g/mol. The molecule has 7 nitrogen and oxygen atoms in total. The molecule has 1 unspecified atom stereocenters. The maximum absolute atomic E-state index is 11.8. The highest BCUT2D eigenvalue weighted by Gasteiger charge is 2.30. The Kier molecular flexibility index (Phi) is 5.70. The lowest BCUT2D eigenvalue weighted by molar-refractivity contribution is -0.146. The second-order valence-corrected chi connectivity index (χ2v) is 5.36. The van der Waals surface area contributed by atoms with E-state index >= 15 is 0 Å². The molecule has 1 aliphatic rings. The minimum absolute atomic E-state index is 0.0318. The number of nitrogens with zero attached hydrogens (tertiary/aromatic N) is 2. The number of imide groups is 1. The fourth-order valence-corrected chi connectivity index (χ4v) is 2.46. The van der Waals surface area contributed by atoms with Crippen molar-refractivity contribution in [3.8, 4) is 0 Å². The predicted molar refractivity (Wildman–Crippen MR) is 83.4 cm³/mol. The molecule has 0 saturated carbocycles. The molecule has 0 radical (unpaired) electrons. The fraction of sp³-hybridized carbons (Fsp3) is 0.438. The first-order valence-corrected chi connectivity index (χ1v) is 7.47. The van der Waals surface area contributed by atoms with Crippen molar-refractivity contribution >= 4 is 17.9 Å². The molecule has 0 aromatic heterocycles. The molecule has 1 N–H and O–H groups in total. The van der Waals surface area contributed by atoms with Crippen LogP contribution in [0.15, 0.2) is 30.3 Å². The third-order valence-corrected chi connectivity index (χ3v) is 3.87. The van der Waals surface area contributed by atoms with Gasteiger partial charge in [-0.05, 0) is 12.5 Å². The zero-order valence-electron chi connectivity index (χ0n) is 13.3. The summed E-state index contributed by atoms with van der Waals surface area (Å²) in [6.45, 7) is 2.94. The molecule has 2 rings (SSSR count). The Hall–Kier alpha value is -2.41. The maximum Gasteiger partial charge on any atom is 0.324 e. The third kappa shape index (κ3) is 4.29. The molecule has 0 bridgehead atoms. The van der Waals surface area contributed by atoms with Gasteiger partial charge in [0.2, 0.25) is 5.91 Å². The number of ether oxygens (including phenoxy) is 1. The first kappa shape index (κ1) is 17.0. The van der Waals surface area contributed by atoms with Crippen LogP contribution in [0, 0.1) is 0 Å². The van der Waals surface area contributed by atoms with Crippen LogP contribution in [0.25, 0.3) is 0 Å². The molecule has 1 atom stereocenters. The van der Waals surface area contributed by atoms with Gasteiger partial charge < -0.3 is 10.1 Å². The lowest BCUT2D eigenvalue weighted by Gasteiger charge is -2.28. The van der Waals surface area contributed by atoms with Gasteiger partial charge in [0.05, 0.1) is 13.7 Å². The lowest BCUT2D eigenvalue weighted by atomic mass is 10.2. The number of esters is 1. The summed E-state index contributed by atoms with van der Waals surface area (Å²) >= 11 is 0. The first-order chi connectivity index (χ1) is 11.0. The highest BCUT2D eigenvalue weighted by molar-refractivity contribution is 6.01. The number of rotatable bonds is 7. The number of benzene rings is 1. The largest absolute Gasteiger partial charge is 0.468 e. The van der Waals surface area contributed by atoms with E-state index in [0.717, 1.165) is 5.56 Å². The van der Waals surface area contributed by atoms with Crippen LogP contribution < -0.4 is 5.32 Å². The molecule has 1 fully saturated rings. The number of carbonyl (C=O) groups excluding carboxylic acids is 3. The van der Waals surface area contributed by atoms with Gasteiger partial charge in [-0.25, -0.2) is 4.79 Å². The summed E-state index contributed by atoms with van der Waals surface area (Å²) in [5, 5.41) is 2.48. The Morgan fingerprint density at radius 1 is 1.35 bits per heavy atom. The number of hydrogen-bond acceptors (Lipinski definition) is 5. The minimum atomic E-state index is -0.471. The standard InChI is InChI=1S/C16H21N3O4/c1-12(15(21)23-2)18(11-13-6-4-3-5-7-13)8-9-19-14(20)10-17-16(19)22/h3-7,12H,8-11H2,1-2H3,(H,17,22). The normalized spacial score (nSPS) is 15.7. The van der Waals surface area contributed by atoms with E-state index in [9.17, 15) is 14.4 Å². The van der Waals surface area contributed by atoms with Crippen molar-refractivity contribution < 1.29 is 19.1 Å². The molecule has 1 aromatic carbocycles. The number of methoxy groups -OCH3 is 1. The Morgan fingerprint density at radius 2 is 2.04 bits per heavy atom. The summed E-state index contributed by atoms with van der Waals surface area (Å²) in [6.07, 6.45) is 0. The molecule has 1 heterocycles. The average Bonchev–Trinajstić information content (AvgIpc) is 2.89. The Morgan fingerprint density at radius 3 is 2.61 bits per heavy atom. The summed E-state index contributed by atoms with van der Waals surface area (Å²) in [4.78, 5) is 38.1. The summed E-state index contributed by atoms with van der Waals surface area (Å²) in [7, 11) is 1.34. The van der Waals surface area contributed by atoms with Gasteiger partial charge >= 0.3 is 12.0 Å². The van der Waals surface area contributed by atoms with Crippen LogP contribution in [0.2, 0.25) is 0 Å². The topological polar surface area (TPSA) is 79.0 Å². The van der Waals surface area contributed by atoms with E-state index in [4.69, 9.17) is 4.74 Å². The van der Waals surface area contributed by atoms with Gasteiger partial charge in [-0.1, -0.05) is 30.3 Å². The van der Waals surface area contributed by atoms with Gasteiger partial charge in [-0.3, -0.25) is 19.4 Å². The molecule has 23 heavy (non-hydrogen) atoms. The first-order valence-electron chi connectivity index (χ1n) is 7.47. The van der Waals surface area contributed by atoms with Crippen molar-refractivity contribution in [2.45, 2.75) is 19.5 Å². The van der Waals surface area contributed by atoms with E-state index in [-0.39, 0.29) is 31.0 Å². The van der Waals surface area contributed by atoms with Gasteiger partial charge in [0.15, 0.2) is 0 Å². The number of carbonyl (C=O) groups is 3. The SMILES string of the molecule is COC(=O)C(C)N(CCN1C(=O)CNC1=O)Cc1ccccc1. The van der Waals surface area contributed by atoms with Crippen LogP contribution in [0.3, 0.4) is 0 Å². The second kappa shape index (κ2) is 7.73. The highest BCUT2D eigenvalue weighted by atomic mass is 16.5. The molecule has 0 spiro atoms. The van der Waals surface area contributed by atoms with Crippen LogP contribution in [-0.2, 0) is 20.9 Å². The summed E-state index contributed by atoms with van der Waals surface area (Å²) < 4.78 is 4.80. The number of nitrogens with one attached hydrogen (secondary N) is 1. The quantitative estimate of drug-likeness (QED) is 0.588. The Labute approximate surface area is 135 Å². The van der Waals surface area contributed by atoms with Gasteiger partial charge in [0.25, 0.3) is 0 Å². The molecule has 7 heteroatoms. The molecular weight excluding hydrogens is 298 g/mol. The maximum atomic E-state index is 11.8. The Balaban J connectivity index is 2.05. The van der Waals surface area contributed by atoms with E-state index in [0.29, 0.717) is 13.1 Å². The zero-order valence-corrected chi connectivity index (χ0v) is 13.3. The van der Waals surface area contributed by atoms with Crippen molar-refractivity contribution in [1.29, 1.82) is 0 Å². The third-order valence-electron chi connectivity index (χ3n) is 3.87. The van der Waals surface area contributed by atoms with Crippen molar-refractivity contribution in [2.75, 3.05) is 26.7 Å². The van der Waals surface area contributed by atoms with Gasteiger partial charge in [0.1, 0.15) is 6.04 Å². The van der Waals surface area contributed by atoms with Crippen molar-refractivity contribution in [2.24, 2.45) is 0 Å². The van der Waals surface area contributed by atoms with E-state index in [1.807, 2.05) is 35.2 Å². The Bertz CT molecular complexity index is 560. The molecule has 0 aliphatic carbocycles. The van der Waals surface area contributed by atoms with E-state index in [1.165, 1.54) is 12.0 Å². The summed E-state index contributed by atoms with van der Waals surface area (Å²) in [5.74, 6) is -0.599. The lowest BCUT2D eigenvalue weighted by Crippen LogP contribution is -2.45. The molecule has 3 amide bonds. The van der Waals surface area contributed by atoms with E-state index in [1.54, 1.807) is 6.92 Å². The zero-order chi connectivity index (χ0) is 16.8. The summed E-state index contributed by atoms with van der Waals surface area (Å²) in [6, 6.07) is 8.84. The molecule has 1 aromatic rings. The van der Waals surface area contributed by atoms with Gasteiger partial charge in [-0.2, -0.15) is 0 Å². The van der Waals surface area contributed by atoms with E-state index < -0.39 is 6.04 Å². The van der Waals surface area contributed by atoms with E-state index in [2.05, 4.69) is 5.32 Å². The number of amides is 3. The van der Waals surface area contributed by atoms with Crippen molar-refractivity contribution in [1.82, 2.24) is 15.1 Å². The van der Waals surface area contributed by atoms with Crippen LogP contribution in [0.5, 0.6) is 0 Å². The number of hydrogen-bond donors (Lipinski definition) is 1. The molecular formula is C16H21N3O4. The highest BCUT2D eigenvalue weighted by Crippen LogP contribution is 2.10. The minimum Gasteiger partial charge on any atom is -0.468 e. The smallest absolute Gasteiger partial charge is 0.324 e. The van der Waals surface area contributed by atoms with Gasteiger partial charge in [0, 0.05) is 19.6 Å². The van der Waals surface area contributed by atoms with Crippen molar-refractivity contribution in [3.05, 3.63) is 35.9 Å². The molecule has 1 aliphatic heterocycles. The van der Waals surface area contributed by atoms with Crippen LogP contribution in [0.4, 0.5) is 4.79 Å². The van der Waals surface area contributed by atoms with Crippen LogP contribution in [0.1, 0.15) is 12.5 Å². The number of urea groups is 1.